The van der Waals surface area contributed by atoms with E-state index in [0.29, 0.717) is 0 Å². The Morgan fingerprint density at radius 3 is 2.00 bits per heavy atom. The average Bonchev–Trinajstić information content (AvgIpc) is 2.29. The largest absolute Gasteiger partial charge is 0.0843 e. The SMILES string of the molecule is CC(C)(C)c1ccccc1-c1ccc(Cl)cc1. The van der Waals surface area contributed by atoms with Gasteiger partial charge >= 0.3 is 0 Å². The van der Waals surface area contributed by atoms with Crippen LogP contribution in [0.25, 0.3) is 11.1 Å². The molecule has 2 aromatic carbocycles. The van der Waals surface area contributed by atoms with Crippen molar-refractivity contribution < 1.29 is 0 Å². The third kappa shape index (κ3) is 2.70. The van der Waals surface area contributed by atoms with E-state index in [1.165, 1.54) is 16.7 Å². The fraction of sp³-hybridized carbons (Fsp3) is 0.250. The molecule has 0 atom stereocenters. The summed E-state index contributed by atoms with van der Waals surface area (Å²) in [7, 11) is 0. The van der Waals surface area contributed by atoms with Gasteiger partial charge < -0.3 is 0 Å². The molecule has 0 unspecified atom stereocenters. The molecule has 88 valence electrons. The van der Waals surface area contributed by atoms with E-state index < -0.39 is 0 Å². The Hall–Kier alpha value is -1.27. The summed E-state index contributed by atoms with van der Waals surface area (Å²) in [6, 6.07) is 16.6. The quantitative estimate of drug-likeness (QED) is 0.638. The first kappa shape index (κ1) is 12.2. The van der Waals surface area contributed by atoms with Crippen molar-refractivity contribution in [1.29, 1.82) is 0 Å². The molecule has 17 heavy (non-hydrogen) atoms. The molecule has 0 saturated carbocycles. The zero-order chi connectivity index (χ0) is 12.5. The van der Waals surface area contributed by atoms with Gasteiger partial charge in [-0.05, 0) is 34.2 Å². The van der Waals surface area contributed by atoms with Crippen LogP contribution in [0.2, 0.25) is 5.02 Å². The normalized spacial score (nSPS) is 11.5. The number of hydrogen-bond donors (Lipinski definition) is 0. The standard InChI is InChI=1S/C16H17Cl/c1-16(2,3)15-7-5-4-6-14(15)12-8-10-13(17)11-9-12/h4-11H,1-3H3. The number of halogens is 1. The van der Waals surface area contributed by atoms with Gasteiger partial charge in [-0.25, -0.2) is 0 Å². The van der Waals surface area contributed by atoms with Crippen molar-refractivity contribution in [3.63, 3.8) is 0 Å². The highest BCUT2D eigenvalue weighted by atomic mass is 35.5. The number of hydrogen-bond acceptors (Lipinski definition) is 0. The molecule has 2 aromatic rings. The molecule has 0 bridgehead atoms. The highest BCUT2D eigenvalue weighted by Gasteiger charge is 2.17. The lowest BCUT2D eigenvalue weighted by atomic mass is 9.82. The molecule has 1 heteroatoms. The van der Waals surface area contributed by atoms with E-state index in [4.69, 9.17) is 11.6 Å². The molecular formula is C16H17Cl. The Morgan fingerprint density at radius 2 is 1.41 bits per heavy atom. The zero-order valence-corrected chi connectivity index (χ0v) is 11.3. The number of rotatable bonds is 1. The maximum absolute atomic E-state index is 5.93. The van der Waals surface area contributed by atoms with Gasteiger partial charge in [-0.3, -0.25) is 0 Å². The third-order valence-electron chi connectivity index (χ3n) is 2.89. The van der Waals surface area contributed by atoms with E-state index in [-0.39, 0.29) is 5.41 Å². The zero-order valence-electron chi connectivity index (χ0n) is 10.5. The Bertz CT molecular complexity index is 504. The van der Waals surface area contributed by atoms with E-state index in [9.17, 15) is 0 Å². The van der Waals surface area contributed by atoms with Crippen LogP contribution < -0.4 is 0 Å². The van der Waals surface area contributed by atoms with Crippen LogP contribution in [0.4, 0.5) is 0 Å². The summed E-state index contributed by atoms with van der Waals surface area (Å²) in [5, 5.41) is 0.780. The summed E-state index contributed by atoms with van der Waals surface area (Å²) in [5.74, 6) is 0. The molecule has 0 nitrogen and oxygen atoms in total. The van der Waals surface area contributed by atoms with Gasteiger partial charge in [0.15, 0.2) is 0 Å². The second kappa shape index (κ2) is 4.54. The minimum absolute atomic E-state index is 0.149. The minimum atomic E-state index is 0.149. The summed E-state index contributed by atoms with van der Waals surface area (Å²) >= 11 is 5.93. The summed E-state index contributed by atoms with van der Waals surface area (Å²) in [6.45, 7) is 6.71. The third-order valence-corrected chi connectivity index (χ3v) is 3.14. The van der Waals surface area contributed by atoms with Gasteiger partial charge in [-0.2, -0.15) is 0 Å². The molecule has 0 saturated heterocycles. The molecular weight excluding hydrogens is 228 g/mol. The lowest BCUT2D eigenvalue weighted by Gasteiger charge is -2.23. The Morgan fingerprint density at radius 1 is 0.824 bits per heavy atom. The highest BCUT2D eigenvalue weighted by molar-refractivity contribution is 6.30. The number of benzene rings is 2. The van der Waals surface area contributed by atoms with Crippen LogP contribution in [0.1, 0.15) is 26.3 Å². The molecule has 0 N–H and O–H groups in total. The van der Waals surface area contributed by atoms with Crippen molar-refractivity contribution in [2.45, 2.75) is 26.2 Å². The monoisotopic (exact) mass is 244 g/mol. The first-order valence-corrected chi connectivity index (χ1v) is 6.22. The predicted octanol–water partition coefficient (Wildman–Crippen LogP) is 5.30. The average molecular weight is 245 g/mol. The van der Waals surface area contributed by atoms with Crippen LogP contribution >= 0.6 is 11.6 Å². The second-order valence-corrected chi connectivity index (χ2v) is 5.74. The molecule has 0 spiro atoms. The van der Waals surface area contributed by atoms with Crippen molar-refractivity contribution >= 4 is 11.6 Å². The minimum Gasteiger partial charge on any atom is -0.0843 e. The Labute approximate surface area is 108 Å². The fourth-order valence-corrected chi connectivity index (χ4v) is 2.14. The lowest BCUT2D eigenvalue weighted by Crippen LogP contribution is -2.12. The van der Waals surface area contributed by atoms with Gasteiger partial charge in [0.25, 0.3) is 0 Å². The molecule has 0 aliphatic rings. The van der Waals surface area contributed by atoms with Gasteiger partial charge in [-0.1, -0.05) is 68.8 Å². The maximum atomic E-state index is 5.93. The molecule has 2 rings (SSSR count). The van der Waals surface area contributed by atoms with Crippen molar-refractivity contribution in [3.05, 3.63) is 59.1 Å². The van der Waals surface area contributed by atoms with Crippen molar-refractivity contribution in [2.75, 3.05) is 0 Å². The summed E-state index contributed by atoms with van der Waals surface area (Å²) in [5.41, 5.74) is 4.02. The molecule has 0 radical (unpaired) electrons. The van der Waals surface area contributed by atoms with Crippen LogP contribution in [-0.4, -0.2) is 0 Å². The van der Waals surface area contributed by atoms with E-state index in [1.807, 2.05) is 12.1 Å². The summed E-state index contributed by atoms with van der Waals surface area (Å²) in [6.07, 6.45) is 0. The van der Waals surface area contributed by atoms with Crippen LogP contribution in [0.3, 0.4) is 0 Å². The van der Waals surface area contributed by atoms with E-state index in [1.54, 1.807) is 0 Å². The van der Waals surface area contributed by atoms with Crippen LogP contribution in [0, 0.1) is 0 Å². The summed E-state index contributed by atoms with van der Waals surface area (Å²) in [4.78, 5) is 0. The Kier molecular flexibility index (Phi) is 3.26. The van der Waals surface area contributed by atoms with Gasteiger partial charge in [0.2, 0.25) is 0 Å². The first-order chi connectivity index (χ1) is 7.98. The van der Waals surface area contributed by atoms with Crippen molar-refractivity contribution in [1.82, 2.24) is 0 Å². The molecule has 0 aliphatic heterocycles. The second-order valence-electron chi connectivity index (χ2n) is 5.30. The molecule has 0 heterocycles. The smallest absolute Gasteiger partial charge is 0.0406 e. The van der Waals surface area contributed by atoms with Gasteiger partial charge in [0, 0.05) is 5.02 Å². The topological polar surface area (TPSA) is 0 Å². The van der Waals surface area contributed by atoms with Crippen molar-refractivity contribution in [2.24, 2.45) is 0 Å². The summed E-state index contributed by atoms with van der Waals surface area (Å²) < 4.78 is 0. The highest BCUT2D eigenvalue weighted by Crippen LogP contribution is 2.33. The van der Waals surface area contributed by atoms with E-state index >= 15 is 0 Å². The maximum Gasteiger partial charge on any atom is 0.0406 e. The van der Waals surface area contributed by atoms with Crippen LogP contribution in [-0.2, 0) is 5.41 Å². The molecule has 0 amide bonds. The Balaban J connectivity index is 2.56. The van der Waals surface area contributed by atoms with Crippen molar-refractivity contribution in [3.8, 4) is 11.1 Å². The van der Waals surface area contributed by atoms with Gasteiger partial charge in [-0.15, -0.1) is 0 Å². The van der Waals surface area contributed by atoms with E-state index in [0.717, 1.165) is 5.02 Å². The van der Waals surface area contributed by atoms with Gasteiger partial charge in [0.1, 0.15) is 0 Å². The van der Waals surface area contributed by atoms with Gasteiger partial charge in [0.05, 0.1) is 0 Å². The molecule has 0 aliphatic carbocycles. The fourth-order valence-electron chi connectivity index (χ4n) is 2.02. The first-order valence-electron chi connectivity index (χ1n) is 5.84. The molecule has 0 aromatic heterocycles. The van der Waals surface area contributed by atoms with E-state index in [2.05, 4.69) is 57.2 Å². The molecule has 0 fully saturated rings. The predicted molar refractivity (Wildman–Crippen MR) is 75.6 cm³/mol. The van der Waals surface area contributed by atoms with Crippen LogP contribution in [0.5, 0.6) is 0 Å². The van der Waals surface area contributed by atoms with Crippen LogP contribution in [0.15, 0.2) is 48.5 Å². The lowest BCUT2D eigenvalue weighted by molar-refractivity contribution is 0.592.